The van der Waals surface area contributed by atoms with Gasteiger partial charge in [-0.25, -0.2) is 0 Å². The van der Waals surface area contributed by atoms with Gasteiger partial charge in [-0.3, -0.25) is 4.79 Å². The highest BCUT2D eigenvalue weighted by Crippen LogP contribution is 2.11. The third kappa shape index (κ3) is 5.38. The monoisotopic (exact) mass is 254 g/mol. The molecule has 0 saturated carbocycles. The highest BCUT2D eigenvalue weighted by atomic mass is 16.2. The number of nitrogens with zero attached hydrogens (tertiary/aromatic N) is 1. The van der Waals surface area contributed by atoms with Crippen molar-refractivity contribution in [1.29, 1.82) is 0 Å². The van der Waals surface area contributed by atoms with Crippen LogP contribution in [0.3, 0.4) is 0 Å². The predicted molar refractivity (Wildman–Crippen MR) is 76.7 cm³/mol. The topological polar surface area (TPSA) is 32.3 Å². The zero-order chi connectivity index (χ0) is 13.2. The van der Waals surface area contributed by atoms with Crippen molar-refractivity contribution in [1.82, 2.24) is 10.2 Å². The molecular formula is C15H30N2O. The molecular weight excluding hydrogens is 224 g/mol. The molecule has 0 aromatic rings. The SMILES string of the molecule is CCCCCN(CCCCC)C(=O)C1CCCN1. The molecule has 18 heavy (non-hydrogen) atoms. The molecule has 1 aliphatic rings. The molecule has 0 spiro atoms. The first-order chi connectivity index (χ1) is 8.79. The number of unbranched alkanes of at least 4 members (excludes halogenated alkanes) is 4. The van der Waals surface area contributed by atoms with E-state index in [1.165, 1.54) is 25.7 Å². The molecule has 0 bridgehead atoms. The lowest BCUT2D eigenvalue weighted by Crippen LogP contribution is -2.44. The van der Waals surface area contributed by atoms with E-state index < -0.39 is 0 Å². The molecule has 0 aromatic heterocycles. The molecule has 3 heteroatoms. The number of nitrogens with one attached hydrogen (secondary N) is 1. The quantitative estimate of drug-likeness (QED) is 0.642. The lowest BCUT2D eigenvalue weighted by molar-refractivity contribution is -0.133. The number of carbonyl (C=O) groups excluding carboxylic acids is 1. The molecule has 1 atom stereocenters. The number of amides is 1. The number of hydrogen-bond donors (Lipinski definition) is 1. The van der Waals surface area contributed by atoms with Crippen LogP contribution in [0.2, 0.25) is 0 Å². The van der Waals surface area contributed by atoms with Crippen LogP contribution in [0, 0.1) is 0 Å². The van der Waals surface area contributed by atoms with Gasteiger partial charge in [0.2, 0.25) is 5.91 Å². The molecule has 1 saturated heterocycles. The zero-order valence-corrected chi connectivity index (χ0v) is 12.2. The van der Waals surface area contributed by atoms with Gasteiger partial charge in [0.25, 0.3) is 0 Å². The van der Waals surface area contributed by atoms with Gasteiger partial charge in [0, 0.05) is 13.1 Å². The molecule has 1 fully saturated rings. The fraction of sp³-hybridized carbons (Fsp3) is 0.933. The number of rotatable bonds is 9. The van der Waals surface area contributed by atoms with E-state index in [4.69, 9.17) is 0 Å². The molecule has 0 aliphatic carbocycles. The van der Waals surface area contributed by atoms with Gasteiger partial charge in [-0.15, -0.1) is 0 Å². The summed E-state index contributed by atoms with van der Waals surface area (Å²) in [7, 11) is 0. The lowest BCUT2D eigenvalue weighted by atomic mass is 10.1. The van der Waals surface area contributed by atoms with Crippen molar-refractivity contribution >= 4 is 5.91 Å². The summed E-state index contributed by atoms with van der Waals surface area (Å²) in [6.45, 7) is 7.33. The standard InChI is InChI=1S/C15H30N2O/c1-3-5-7-12-17(13-8-6-4-2)15(18)14-10-9-11-16-14/h14,16H,3-13H2,1-2H3. The van der Waals surface area contributed by atoms with E-state index in [0.29, 0.717) is 5.91 Å². The van der Waals surface area contributed by atoms with Gasteiger partial charge in [0.1, 0.15) is 0 Å². The molecule has 1 amide bonds. The van der Waals surface area contributed by atoms with Crippen LogP contribution in [0.25, 0.3) is 0 Å². The maximum absolute atomic E-state index is 12.4. The van der Waals surface area contributed by atoms with Gasteiger partial charge in [-0.05, 0) is 32.2 Å². The minimum absolute atomic E-state index is 0.105. The second-order valence-electron chi connectivity index (χ2n) is 5.39. The molecule has 1 N–H and O–H groups in total. The molecule has 1 aliphatic heterocycles. The second-order valence-corrected chi connectivity index (χ2v) is 5.39. The van der Waals surface area contributed by atoms with Gasteiger partial charge in [0.05, 0.1) is 6.04 Å². The van der Waals surface area contributed by atoms with Crippen LogP contribution in [0.1, 0.15) is 65.2 Å². The lowest BCUT2D eigenvalue weighted by Gasteiger charge is -2.25. The van der Waals surface area contributed by atoms with Crippen LogP contribution in [-0.2, 0) is 4.79 Å². The van der Waals surface area contributed by atoms with Crippen LogP contribution in [0.15, 0.2) is 0 Å². The van der Waals surface area contributed by atoms with Crippen LogP contribution in [0.5, 0.6) is 0 Å². The first-order valence-electron chi connectivity index (χ1n) is 7.81. The first-order valence-corrected chi connectivity index (χ1v) is 7.81. The Kier molecular flexibility index (Phi) is 8.06. The summed E-state index contributed by atoms with van der Waals surface area (Å²) in [4.78, 5) is 14.5. The van der Waals surface area contributed by atoms with Crippen LogP contribution < -0.4 is 5.32 Å². The van der Waals surface area contributed by atoms with Crippen molar-refractivity contribution in [2.24, 2.45) is 0 Å². The maximum atomic E-state index is 12.4. The molecule has 106 valence electrons. The Bertz CT molecular complexity index is 215. The van der Waals surface area contributed by atoms with E-state index in [0.717, 1.165) is 45.3 Å². The summed E-state index contributed by atoms with van der Waals surface area (Å²) >= 11 is 0. The Hall–Kier alpha value is -0.570. The Morgan fingerprint density at radius 2 is 1.72 bits per heavy atom. The van der Waals surface area contributed by atoms with Gasteiger partial charge >= 0.3 is 0 Å². The Balaban J connectivity index is 2.38. The van der Waals surface area contributed by atoms with Gasteiger partial charge in [-0.1, -0.05) is 39.5 Å². The summed E-state index contributed by atoms with van der Waals surface area (Å²) in [6.07, 6.45) is 9.38. The Morgan fingerprint density at radius 1 is 1.11 bits per heavy atom. The predicted octanol–water partition coefficient (Wildman–Crippen LogP) is 2.95. The highest BCUT2D eigenvalue weighted by Gasteiger charge is 2.26. The summed E-state index contributed by atoms with van der Waals surface area (Å²) in [5.41, 5.74) is 0. The van der Waals surface area contributed by atoms with E-state index in [1.807, 2.05) is 0 Å². The van der Waals surface area contributed by atoms with Crippen molar-refractivity contribution in [2.75, 3.05) is 19.6 Å². The summed E-state index contributed by atoms with van der Waals surface area (Å²) in [5.74, 6) is 0.347. The van der Waals surface area contributed by atoms with E-state index in [-0.39, 0.29) is 6.04 Å². The summed E-state index contributed by atoms with van der Waals surface area (Å²) in [6, 6.07) is 0.105. The second kappa shape index (κ2) is 9.37. The normalized spacial score (nSPS) is 19.1. The molecule has 1 heterocycles. The van der Waals surface area contributed by atoms with Crippen molar-refractivity contribution < 1.29 is 4.79 Å². The van der Waals surface area contributed by atoms with E-state index in [2.05, 4.69) is 24.1 Å². The summed E-state index contributed by atoms with van der Waals surface area (Å²) in [5, 5.41) is 3.33. The summed E-state index contributed by atoms with van der Waals surface area (Å²) < 4.78 is 0. The Morgan fingerprint density at radius 3 is 2.17 bits per heavy atom. The minimum atomic E-state index is 0.105. The van der Waals surface area contributed by atoms with Crippen molar-refractivity contribution in [3.8, 4) is 0 Å². The minimum Gasteiger partial charge on any atom is -0.341 e. The maximum Gasteiger partial charge on any atom is 0.239 e. The van der Waals surface area contributed by atoms with E-state index in [1.54, 1.807) is 0 Å². The highest BCUT2D eigenvalue weighted by molar-refractivity contribution is 5.82. The molecule has 0 aromatic carbocycles. The van der Waals surface area contributed by atoms with Gasteiger partial charge < -0.3 is 10.2 Å². The third-order valence-corrected chi connectivity index (χ3v) is 3.73. The van der Waals surface area contributed by atoms with E-state index >= 15 is 0 Å². The van der Waals surface area contributed by atoms with Crippen LogP contribution >= 0.6 is 0 Å². The van der Waals surface area contributed by atoms with Crippen molar-refractivity contribution in [3.05, 3.63) is 0 Å². The largest absolute Gasteiger partial charge is 0.341 e. The Labute approximate surface area is 112 Å². The van der Waals surface area contributed by atoms with Crippen LogP contribution in [0.4, 0.5) is 0 Å². The van der Waals surface area contributed by atoms with Crippen LogP contribution in [-0.4, -0.2) is 36.5 Å². The fourth-order valence-electron chi connectivity index (χ4n) is 2.55. The first kappa shape index (κ1) is 15.5. The zero-order valence-electron chi connectivity index (χ0n) is 12.2. The molecule has 0 radical (unpaired) electrons. The number of hydrogen-bond acceptors (Lipinski definition) is 2. The number of carbonyl (C=O) groups is 1. The fourth-order valence-corrected chi connectivity index (χ4v) is 2.55. The average Bonchev–Trinajstić information content (AvgIpc) is 2.90. The molecule has 1 rings (SSSR count). The average molecular weight is 254 g/mol. The van der Waals surface area contributed by atoms with E-state index in [9.17, 15) is 4.79 Å². The molecule has 3 nitrogen and oxygen atoms in total. The third-order valence-electron chi connectivity index (χ3n) is 3.73. The van der Waals surface area contributed by atoms with Crippen molar-refractivity contribution in [2.45, 2.75) is 71.3 Å². The molecule has 1 unspecified atom stereocenters. The van der Waals surface area contributed by atoms with Crippen molar-refractivity contribution in [3.63, 3.8) is 0 Å². The van der Waals surface area contributed by atoms with Gasteiger partial charge in [-0.2, -0.15) is 0 Å². The van der Waals surface area contributed by atoms with Gasteiger partial charge in [0.15, 0.2) is 0 Å². The smallest absolute Gasteiger partial charge is 0.239 e.